The Hall–Kier alpha value is -2.51. The summed E-state index contributed by atoms with van der Waals surface area (Å²) in [5, 5.41) is 7.19. The van der Waals surface area contributed by atoms with Crippen LogP contribution in [0.25, 0.3) is 0 Å². The minimum Gasteiger partial charge on any atom is -0.345 e. The number of carbonyl (C=O) groups excluding carboxylic acids is 1. The Labute approximate surface area is 156 Å². The second kappa shape index (κ2) is 7.39. The number of pyridine rings is 1. The first-order valence-electron chi connectivity index (χ1n) is 8.71. The fraction of sp³-hybridized carbons (Fsp3) is 0.316. The second-order valence-electron chi connectivity index (χ2n) is 6.46. The summed E-state index contributed by atoms with van der Waals surface area (Å²) in [5.74, 6) is 0.795. The Kier molecular flexibility index (Phi) is 4.81. The lowest BCUT2D eigenvalue weighted by atomic mass is 10.2. The van der Waals surface area contributed by atoms with Gasteiger partial charge in [-0.1, -0.05) is 6.07 Å². The molecule has 3 aromatic heterocycles. The number of hydrogen-bond donors (Lipinski definition) is 1. The highest BCUT2D eigenvalue weighted by molar-refractivity contribution is 7.07. The molecule has 134 valence electrons. The molecular weight excluding hydrogens is 346 g/mol. The van der Waals surface area contributed by atoms with Gasteiger partial charge in [-0.2, -0.15) is 11.3 Å². The summed E-state index contributed by atoms with van der Waals surface area (Å²) in [6.45, 7) is 5.28. The third kappa shape index (κ3) is 3.54. The zero-order chi connectivity index (χ0) is 17.9. The number of rotatable bonds is 5. The number of hydrogen-bond acceptors (Lipinski definition) is 5. The molecule has 1 N–H and O–H groups in total. The van der Waals surface area contributed by atoms with Crippen LogP contribution in [0.4, 0.5) is 0 Å². The van der Waals surface area contributed by atoms with Crippen molar-refractivity contribution in [3.8, 4) is 0 Å². The number of nitrogens with one attached hydrogen (secondary N) is 1. The molecule has 3 aromatic rings. The van der Waals surface area contributed by atoms with E-state index in [1.165, 1.54) is 5.56 Å². The summed E-state index contributed by atoms with van der Waals surface area (Å²) in [4.78, 5) is 23.7. The van der Waals surface area contributed by atoms with E-state index in [0.29, 0.717) is 12.2 Å². The van der Waals surface area contributed by atoms with Gasteiger partial charge in [-0.05, 0) is 41.4 Å². The number of thiophene rings is 1. The molecule has 0 saturated carbocycles. The molecule has 0 bridgehead atoms. The fourth-order valence-corrected chi connectivity index (χ4v) is 3.90. The molecule has 0 aliphatic carbocycles. The Morgan fingerprint density at radius 2 is 2.27 bits per heavy atom. The lowest BCUT2D eigenvalue weighted by Crippen LogP contribution is -2.36. The van der Waals surface area contributed by atoms with E-state index in [1.54, 1.807) is 17.5 Å². The van der Waals surface area contributed by atoms with Gasteiger partial charge in [0.05, 0.1) is 18.3 Å². The SMILES string of the molecule is C[C@H]1c2nc(C(=O)NCc3ccccn3)cn2CCN1Cc1ccsc1. The number of carbonyl (C=O) groups is 1. The lowest BCUT2D eigenvalue weighted by molar-refractivity contribution is 0.0945. The van der Waals surface area contributed by atoms with Crippen molar-refractivity contribution in [3.05, 3.63) is 70.2 Å². The van der Waals surface area contributed by atoms with Crippen molar-refractivity contribution in [2.45, 2.75) is 32.6 Å². The summed E-state index contributed by atoms with van der Waals surface area (Å²) in [7, 11) is 0. The first-order valence-corrected chi connectivity index (χ1v) is 9.65. The van der Waals surface area contributed by atoms with Crippen LogP contribution in [-0.2, 0) is 19.6 Å². The first-order chi connectivity index (χ1) is 12.7. The van der Waals surface area contributed by atoms with Crippen LogP contribution in [0.2, 0.25) is 0 Å². The minimum atomic E-state index is -0.158. The van der Waals surface area contributed by atoms with Crippen molar-refractivity contribution in [1.82, 2.24) is 24.8 Å². The van der Waals surface area contributed by atoms with Crippen molar-refractivity contribution in [1.29, 1.82) is 0 Å². The van der Waals surface area contributed by atoms with E-state index < -0.39 is 0 Å². The maximum Gasteiger partial charge on any atom is 0.271 e. The molecule has 1 aliphatic rings. The van der Waals surface area contributed by atoms with Gasteiger partial charge >= 0.3 is 0 Å². The Bertz CT molecular complexity index is 875. The van der Waals surface area contributed by atoms with Crippen LogP contribution in [0, 0.1) is 0 Å². The quantitative estimate of drug-likeness (QED) is 0.753. The molecule has 1 aliphatic heterocycles. The van der Waals surface area contributed by atoms with Crippen LogP contribution < -0.4 is 5.32 Å². The molecule has 0 fully saturated rings. The molecule has 0 radical (unpaired) electrons. The van der Waals surface area contributed by atoms with E-state index in [4.69, 9.17) is 0 Å². The highest BCUT2D eigenvalue weighted by Crippen LogP contribution is 2.26. The van der Waals surface area contributed by atoms with Crippen LogP contribution in [0.5, 0.6) is 0 Å². The van der Waals surface area contributed by atoms with Crippen LogP contribution >= 0.6 is 11.3 Å². The van der Waals surface area contributed by atoms with Gasteiger partial charge in [-0.25, -0.2) is 4.98 Å². The molecular formula is C19H21N5OS. The van der Waals surface area contributed by atoms with Gasteiger partial charge in [0, 0.05) is 32.0 Å². The standard InChI is InChI=1S/C19H21N5OS/c1-14-18-22-17(19(25)21-10-16-4-2-3-6-20-16)12-24(18)8-7-23(14)11-15-5-9-26-13-15/h2-6,9,12-14H,7-8,10-11H2,1H3,(H,21,25)/t14-/m0/s1. The maximum absolute atomic E-state index is 12.5. The van der Waals surface area contributed by atoms with E-state index in [-0.39, 0.29) is 11.9 Å². The maximum atomic E-state index is 12.5. The molecule has 1 amide bonds. The van der Waals surface area contributed by atoms with Crippen LogP contribution in [0.15, 0.2) is 47.4 Å². The van der Waals surface area contributed by atoms with E-state index in [0.717, 1.165) is 31.2 Å². The molecule has 26 heavy (non-hydrogen) atoms. The van der Waals surface area contributed by atoms with Gasteiger partial charge in [0.2, 0.25) is 0 Å². The van der Waals surface area contributed by atoms with Crippen molar-refractivity contribution in [2.75, 3.05) is 6.54 Å². The molecule has 6 nitrogen and oxygen atoms in total. The number of nitrogens with zero attached hydrogens (tertiary/aromatic N) is 4. The molecule has 0 spiro atoms. The van der Waals surface area contributed by atoms with Gasteiger partial charge in [-0.15, -0.1) is 0 Å². The average Bonchev–Trinajstić information content (AvgIpc) is 3.33. The van der Waals surface area contributed by atoms with Gasteiger partial charge in [0.15, 0.2) is 0 Å². The Morgan fingerprint density at radius 3 is 3.04 bits per heavy atom. The van der Waals surface area contributed by atoms with Crippen molar-refractivity contribution in [2.24, 2.45) is 0 Å². The van der Waals surface area contributed by atoms with E-state index in [1.807, 2.05) is 24.4 Å². The number of amides is 1. The molecule has 0 saturated heterocycles. The van der Waals surface area contributed by atoms with Crippen molar-refractivity contribution in [3.63, 3.8) is 0 Å². The number of imidazole rings is 1. The summed E-state index contributed by atoms with van der Waals surface area (Å²) >= 11 is 1.72. The average molecular weight is 367 g/mol. The molecule has 7 heteroatoms. The molecule has 4 rings (SSSR count). The van der Waals surface area contributed by atoms with E-state index in [2.05, 4.69) is 48.5 Å². The van der Waals surface area contributed by atoms with Gasteiger partial charge in [0.25, 0.3) is 5.91 Å². The summed E-state index contributed by atoms with van der Waals surface area (Å²) in [6, 6.07) is 8.00. The smallest absolute Gasteiger partial charge is 0.271 e. The van der Waals surface area contributed by atoms with Crippen LogP contribution in [-0.4, -0.2) is 31.9 Å². The molecule has 1 atom stereocenters. The van der Waals surface area contributed by atoms with Gasteiger partial charge in [-0.3, -0.25) is 14.7 Å². The van der Waals surface area contributed by atoms with Crippen molar-refractivity contribution < 1.29 is 4.79 Å². The Morgan fingerprint density at radius 1 is 1.35 bits per heavy atom. The van der Waals surface area contributed by atoms with E-state index >= 15 is 0 Å². The molecule has 4 heterocycles. The third-order valence-electron chi connectivity index (χ3n) is 4.71. The topological polar surface area (TPSA) is 63.1 Å². The zero-order valence-corrected chi connectivity index (χ0v) is 15.4. The third-order valence-corrected chi connectivity index (χ3v) is 5.44. The lowest BCUT2D eigenvalue weighted by Gasteiger charge is -2.33. The monoisotopic (exact) mass is 367 g/mol. The summed E-state index contributed by atoms with van der Waals surface area (Å²) < 4.78 is 2.10. The highest BCUT2D eigenvalue weighted by atomic mass is 32.1. The zero-order valence-electron chi connectivity index (χ0n) is 14.6. The van der Waals surface area contributed by atoms with Crippen LogP contribution in [0.1, 0.15) is 40.5 Å². The first kappa shape index (κ1) is 16.9. The minimum absolute atomic E-state index is 0.158. The second-order valence-corrected chi connectivity index (χ2v) is 7.24. The largest absolute Gasteiger partial charge is 0.345 e. The van der Waals surface area contributed by atoms with Crippen molar-refractivity contribution >= 4 is 17.2 Å². The number of aromatic nitrogens is 3. The van der Waals surface area contributed by atoms with E-state index in [9.17, 15) is 4.79 Å². The molecule has 0 unspecified atom stereocenters. The summed E-state index contributed by atoms with van der Waals surface area (Å²) in [6.07, 6.45) is 3.59. The van der Waals surface area contributed by atoms with Crippen LogP contribution in [0.3, 0.4) is 0 Å². The molecule has 0 aromatic carbocycles. The normalized spacial score (nSPS) is 17.0. The fourth-order valence-electron chi connectivity index (χ4n) is 3.24. The summed E-state index contributed by atoms with van der Waals surface area (Å²) in [5.41, 5.74) is 2.63. The highest BCUT2D eigenvalue weighted by Gasteiger charge is 2.27. The Balaban J connectivity index is 1.43. The van der Waals surface area contributed by atoms with Gasteiger partial charge < -0.3 is 9.88 Å². The van der Waals surface area contributed by atoms with Gasteiger partial charge in [0.1, 0.15) is 11.5 Å². The number of fused-ring (bicyclic) bond motifs is 1. The predicted octanol–water partition coefficient (Wildman–Crippen LogP) is 2.85. The predicted molar refractivity (Wildman–Crippen MR) is 101 cm³/mol.